The minimum atomic E-state index is -3.58. The number of carbonyl (C=O) groups is 1. The van der Waals surface area contributed by atoms with E-state index in [0.717, 1.165) is 6.07 Å². The van der Waals surface area contributed by atoms with Crippen LogP contribution in [0.3, 0.4) is 0 Å². The van der Waals surface area contributed by atoms with Gasteiger partial charge < -0.3 is 9.84 Å². The smallest absolute Gasteiger partial charge is 0.337 e. The van der Waals surface area contributed by atoms with E-state index in [1.807, 2.05) is 0 Å². The van der Waals surface area contributed by atoms with Gasteiger partial charge in [-0.05, 0) is 38.5 Å². The Balaban J connectivity index is 3.05. The number of ether oxygens (including phenoxy) is 1. The number of sulfone groups is 1. The Bertz CT molecular complexity index is 607. The molecule has 20 heavy (non-hydrogen) atoms. The first-order chi connectivity index (χ1) is 9.09. The molecular weight excluding hydrogens is 304 g/mol. The van der Waals surface area contributed by atoms with E-state index in [0.29, 0.717) is 6.42 Å². The zero-order valence-electron chi connectivity index (χ0n) is 11.5. The summed E-state index contributed by atoms with van der Waals surface area (Å²) in [5.74, 6) is -1.39. The van der Waals surface area contributed by atoms with Gasteiger partial charge in [0.25, 0.3) is 0 Å². The Morgan fingerprint density at radius 3 is 2.50 bits per heavy atom. The van der Waals surface area contributed by atoms with Crippen LogP contribution < -0.4 is 0 Å². The van der Waals surface area contributed by atoms with Gasteiger partial charge in [-0.3, -0.25) is 0 Å². The highest BCUT2D eigenvalue weighted by molar-refractivity contribution is 7.91. The number of aromatic carboxylic acids is 1. The molecule has 0 saturated carbocycles. The van der Waals surface area contributed by atoms with Gasteiger partial charge in [-0.15, -0.1) is 0 Å². The van der Waals surface area contributed by atoms with Crippen molar-refractivity contribution in [2.75, 3.05) is 12.9 Å². The maximum Gasteiger partial charge on any atom is 0.337 e. The molecular formula is C13H17ClO5S. The lowest BCUT2D eigenvalue weighted by atomic mass is 10.1. The molecule has 7 heteroatoms. The van der Waals surface area contributed by atoms with Crippen LogP contribution >= 0.6 is 11.6 Å². The topological polar surface area (TPSA) is 80.7 Å². The summed E-state index contributed by atoms with van der Waals surface area (Å²) < 4.78 is 29.5. The third-order valence-electron chi connectivity index (χ3n) is 3.05. The predicted octanol–water partition coefficient (Wildman–Crippen LogP) is 2.63. The van der Waals surface area contributed by atoms with Gasteiger partial charge in [-0.1, -0.05) is 11.6 Å². The normalized spacial score (nSPS) is 12.4. The molecule has 1 N–H and O–H groups in total. The van der Waals surface area contributed by atoms with E-state index in [1.165, 1.54) is 19.2 Å². The van der Waals surface area contributed by atoms with Gasteiger partial charge in [0.05, 0.1) is 26.8 Å². The number of methoxy groups -OCH3 is 1. The summed E-state index contributed by atoms with van der Waals surface area (Å²) in [6, 6.07) is 3.67. The summed E-state index contributed by atoms with van der Waals surface area (Å²) in [6.07, 6.45) is 0.302. The van der Waals surface area contributed by atoms with Crippen LogP contribution in [-0.2, 0) is 14.6 Å². The highest BCUT2D eigenvalue weighted by Crippen LogP contribution is 2.23. The Hall–Kier alpha value is -1.11. The third kappa shape index (κ3) is 4.19. The van der Waals surface area contributed by atoms with Crippen molar-refractivity contribution < 1.29 is 23.1 Å². The standard InChI is InChI=1S/C13H17ClO5S/c1-13(2,19-3)6-7-20(17,18)9-4-5-11(14)10(8-9)12(15)16/h4-5,8H,6-7H2,1-3H3,(H,15,16). The molecule has 0 fully saturated rings. The van der Waals surface area contributed by atoms with Crippen LogP contribution in [0.5, 0.6) is 0 Å². The van der Waals surface area contributed by atoms with Crippen molar-refractivity contribution in [2.24, 2.45) is 0 Å². The predicted molar refractivity (Wildman–Crippen MR) is 76.2 cm³/mol. The maximum absolute atomic E-state index is 12.2. The minimum Gasteiger partial charge on any atom is -0.478 e. The lowest BCUT2D eigenvalue weighted by Crippen LogP contribution is -2.26. The molecule has 0 radical (unpaired) electrons. The Morgan fingerprint density at radius 2 is 2.00 bits per heavy atom. The van der Waals surface area contributed by atoms with Gasteiger partial charge in [-0.2, -0.15) is 0 Å². The van der Waals surface area contributed by atoms with Crippen molar-refractivity contribution in [1.82, 2.24) is 0 Å². The van der Waals surface area contributed by atoms with Crippen molar-refractivity contribution in [2.45, 2.75) is 30.8 Å². The highest BCUT2D eigenvalue weighted by Gasteiger charge is 2.23. The molecule has 0 aliphatic heterocycles. The van der Waals surface area contributed by atoms with Crippen LogP contribution in [0.4, 0.5) is 0 Å². The monoisotopic (exact) mass is 320 g/mol. The number of rotatable bonds is 6. The summed E-state index contributed by atoms with van der Waals surface area (Å²) in [7, 11) is -2.07. The van der Waals surface area contributed by atoms with E-state index in [4.69, 9.17) is 21.4 Å². The van der Waals surface area contributed by atoms with Crippen molar-refractivity contribution in [3.63, 3.8) is 0 Å². The number of hydrogen-bond acceptors (Lipinski definition) is 4. The van der Waals surface area contributed by atoms with Crippen LogP contribution in [0.2, 0.25) is 5.02 Å². The quantitative estimate of drug-likeness (QED) is 0.871. The lowest BCUT2D eigenvalue weighted by Gasteiger charge is -2.22. The molecule has 1 aromatic carbocycles. The second-order valence-corrected chi connectivity index (χ2v) is 7.50. The molecule has 1 aromatic rings. The van der Waals surface area contributed by atoms with Crippen LogP contribution in [0.25, 0.3) is 0 Å². The number of hydrogen-bond donors (Lipinski definition) is 1. The van der Waals surface area contributed by atoms with Gasteiger partial charge >= 0.3 is 5.97 Å². The van der Waals surface area contributed by atoms with Gasteiger partial charge in [0.2, 0.25) is 0 Å². The van der Waals surface area contributed by atoms with E-state index >= 15 is 0 Å². The molecule has 0 amide bonds. The fourth-order valence-electron chi connectivity index (χ4n) is 1.46. The number of benzene rings is 1. The zero-order chi connectivity index (χ0) is 15.6. The van der Waals surface area contributed by atoms with E-state index in [-0.39, 0.29) is 21.2 Å². The number of carboxylic acids is 1. The van der Waals surface area contributed by atoms with Crippen molar-refractivity contribution in [3.05, 3.63) is 28.8 Å². The molecule has 0 aromatic heterocycles. The van der Waals surface area contributed by atoms with Crippen LogP contribution in [-0.4, -0.2) is 38.0 Å². The minimum absolute atomic E-state index is 0.00803. The molecule has 0 saturated heterocycles. The van der Waals surface area contributed by atoms with Gasteiger partial charge in [-0.25, -0.2) is 13.2 Å². The Morgan fingerprint density at radius 1 is 1.40 bits per heavy atom. The molecule has 112 valence electrons. The van der Waals surface area contributed by atoms with Crippen molar-refractivity contribution in [1.29, 1.82) is 0 Å². The molecule has 0 spiro atoms. The van der Waals surface area contributed by atoms with E-state index in [1.54, 1.807) is 13.8 Å². The third-order valence-corrected chi connectivity index (χ3v) is 5.10. The number of halogens is 1. The Kier molecular flexibility index (Phi) is 5.18. The molecule has 0 unspecified atom stereocenters. The zero-order valence-corrected chi connectivity index (χ0v) is 13.1. The Labute approximate surface area is 123 Å². The molecule has 0 atom stereocenters. The molecule has 1 rings (SSSR count). The van der Waals surface area contributed by atoms with Crippen LogP contribution in [0.1, 0.15) is 30.6 Å². The summed E-state index contributed by atoms with van der Waals surface area (Å²) in [5, 5.41) is 8.96. The maximum atomic E-state index is 12.2. The van der Waals surface area contributed by atoms with Gasteiger partial charge in [0, 0.05) is 7.11 Å². The molecule has 0 bridgehead atoms. The average molecular weight is 321 g/mol. The summed E-state index contributed by atoms with van der Waals surface area (Å²) in [6.45, 7) is 3.57. The summed E-state index contributed by atoms with van der Waals surface area (Å²) >= 11 is 5.72. The fourth-order valence-corrected chi connectivity index (χ4v) is 3.23. The fraction of sp³-hybridized carbons (Fsp3) is 0.462. The SMILES string of the molecule is COC(C)(C)CCS(=O)(=O)c1ccc(Cl)c(C(=O)O)c1. The van der Waals surface area contributed by atoms with E-state index < -0.39 is 21.4 Å². The molecule has 0 heterocycles. The van der Waals surface area contributed by atoms with Crippen molar-refractivity contribution in [3.8, 4) is 0 Å². The van der Waals surface area contributed by atoms with Crippen LogP contribution in [0.15, 0.2) is 23.1 Å². The van der Waals surface area contributed by atoms with Gasteiger partial charge in [0.1, 0.15) is 0 Å². The van der Waals surface area contributed by atoms with E-state index in [2.05, 4.69) is 0 Å². The molecule has 5 nitrogen and oxygen atoms in total. The summed E-state index contributed by atoms with van der Waals surface area (Å²) in [5.41, 5.74) is -0.784. The summed E-state index contributed by atoms with van der Waals surface area (Å²) in [4.78, 5) is 10.9. The van der Waals surface area contributed by atoms with Crippen LogP contribution in [0, 0.1) is 0 Å². The number of carboxylic acid groups (broad SMARTS) is 1. The molecule has 0 aliphatic carbocycles. The average Bonchev–Trinajstić information content (AvgIpc) is 2.36. The first-order valence-corrected chi connectivity index (χ1v) is 7.93. The second-order valence-electron chi connectivity index (χ2n) is 4.98. The lowest BCUT2D eigenvalue weighted by molar-refractivity contribution is 0.0203. The van der Waals surface area contributed by atoms with Crippen molar-refractivity contribution >= 4 is 27.4 Å². The first-order valence-electron chi connectivity index (χ1n) is 5.90. The first kappa shape index (κ1) is 16.9. The second kappa shape index (κ2) is 6.11. The van der Waals surface area contributed by atoms with E-state index in [9.17, 15) is 13.2 Å². The van der Waals surface area contributed by atoms with Gasteiger partial charge in [0.15, 0.2) is 9.84 Å². The molecule has 0 aliphatic rings. The largest absolute Gasteiger partial charge is 0.478 e. The highest BCUT2D eigenvalue weighted by atomic mass is 35.5.